The molecule has 1 amide bonds. The van der Waals surface area contributed by atoms with Gasteiger partial charge in [0, 0.05) is 24.7 Å². The van der Waals surface area contributed by atoms with E-state index in [0.29, 0.717) is 24.1 Å². The molecular weight excluding hydrogens is 330 g/mol. The van der Waals surface area contributed by atoms with Crippen LogP contribution in [-0.4, -0.2) is 66.1 Å². The van der Waals surface area contributed by atoms with Gasteiger partial charge in [-0.05, 0) is 56.6 Å². The number of aliphatic carboxylic acids is 1. The van der Waals surface area contributed by atoms with Crippen LogP contribution >= 0.6 is 0 Å². The van der Waals surface area contributed by atoms with Crippen LogP contribution in [-0.2, 0) is 11.3 Å². The summed E-state index contributed by atoms with van der Waals surface area (Å²) < 4.78 is 0. The third-order valence-electron chi connectivity index (χ3n) is 4.83. The summed E-state index contributed by atoms with van der Waals surface area (Å²) in [5.41, 5.74) is 1.85. The van der Waals surface area contributed by atoms with Crippen molar-refractivity contribution in [2.24, 2.45) is 5.92 Å². The van der Waals surface area contributed by atoms with Crippen molar-refractivity contribution in [1.82, 2.24) is 15.1 Å². The molecular formula is C20H31N3O3. The molecule has 0 aliphatic carbocycles. The minimum absolute atomic E-state index is 0.0189. The van der Waals surface area contributed by atoms with E-state index < -0.39 is 5.97 Å². The Bertz CT molecular complexity index is 610. The SMILES string of the molecule is CC(C)CNC(=O)c1cccc(CN2CCC(N(C)CC(=O)O)CC2)c1. The van der Waals surface area contributed by atoms with Gasteiger partial charge >= 0.3 is 5.97 Å². The second-order valence-corrected chi connectivity index (χ2v) is 7.62. The summed E-state index contributed by atoms with van der Waals surface area (Å²) in [6.07, 6.45) is 1.94. The van der Waals surface area contributed by atoms with Crippen molar-refractivity contribution >= 4 is 11.9 Å². The van der Waals surface area contributed by atoms with E-state index >= 15 is 0 Å². The second-order valence-electron chi connectivity index (χ2n) is 7.62. The normalized spacial score (nSPS) is 16.2. The van der Waals surface area contributed by atoms with Gasteiger partial charge in [-0.3, -0.25) is 19.4 Å². The monoisotopic (exact) mass is 361 g/mol. The van der Waals surface area contributed by atoms with Crippen LogP contribution in [0.2, 0.25) is 0 Å². The van der Waals surface area contributed by atoms with Crippen molar-refractivity contribution < 1.29 is 14.7 Å². The fourth-order valence-corrected chi connectivity index (χ4v) is 3.33. The third kappa shape index (κ3) is 6.42. The van der Waals surface area contributed by atoms with Gasteiger partial charge in [-0.15, -0.1) is 0 Å². The molecule has 2 rings (SSSR count). The fourth-order valence-electron chi connectivity index (χ4n) is 3.33. The number of carboxylic acids is 1. The van der Waals surface area contributed by atoms with Gasteiger partial charge in [-0.25, -0.2) is 0 Å². The Balaban J connectivity index is 1.85. The van der Waals surface area contributed by atoms with E-state index in [1.807, 2.05) is 30.1 Å². The molecule has 1 aliphatic rings. The zero-order valence-electron chi connectivity index (χ0n) is 16.1. The van der Waals surface area contributed by atoms with Gasteiger partial charge < -0.3 is 10.4 Å². The first-order valence-corrected chi connectivity index (χ1v) is 9.36. The molecule has 2 N–H and O–H groups in total. The summed E-state index contributed by atoms with van der Waals surface area (Å²) in [6, 6.07) is 8.15. The summed E-state index contributed by atoms with van der Waals surface area (Å²) in [4.78, 5) is 27.4. The van der Waals surface area contributed by atoms with Crippen LogP contribution in [0.5, 0.6) is 0 Å². The maximum absolute atomic E-state index is 12.2. The average Bonchev–Trinajstić information content (AvgIpc) is 2.60. The van der Waals surface area contributed by atoms with Crippen molar-refractivity contribution in [3.05, 3.63) is 35.4 Å². The second kappa shape index (κ2) is 9.69. The zero-order chi connectivity index (χ0) is 19.1. The van der Waals surface area contributed by atoms with E-state index in [4.69, 9.17) is 5.11 Å². The number of carbonyl (C=O) groups excluding carboxylic acids is 1. The van der Waals surface area contributed by atoms with Crippen molar-refractivity contribution in [3.63, 3.8) is 0 Å². The number of hydrogen-bond acceptors (Lipinski definition) is 4. The number of likely N-dealkylation sites (tertiary alicyclic amines) is 1. The highest BCUT2D eigenvalue weighted by Gasteiger charge is 2.23. The van der Waals surface area contributed by atoms with Crippen LogP contribution in [0.3, 0.4) is 0 Å². The number of nitrogens with one attached hydrogen (secondary N) is 1. The summed E-state index contributed by atoms with van der Waals surface area (Å²) >= 11 is 0. The minimum atomic E-state index is -0.775. The summed E-state index contributed by atoms with van der Waals surface area (Å²) in [5, 5.41) is 11.9. The van der Waals surface area contributed by atoms with Crippen LogP contribution in [0.1, 0.15) is 42.6 Å². The Kier molecular flexibility index (Phi) is 7.60. The smallest absolute Gasteiger partial charge is 0.317 e. The van der Waals surface area contributed by atoms with Crippen molar-refractivity contribution in [2.45, 2.75) is 39.3 Å². The third-order valence-corrected chi connectivity index (χ3v) is 4.83. The minimum Gasteiger partial charge on any atom is -0.480 e. The Morgan fingerprint density at radius 1 is 1.31 bits per heavy atom. The summed E-state index contributed by atoms with van der Waals surface area (Å²) in [6.45, 7) is 7.64. The first-order chi connectivity index (χ1) is 12.3. The molecule has 0 aromatic heterocycles. The number of carboxylic acid groups (broad SMARTS) is 1. The molecule has 1 aromatic carbocycles. The highest BCUT2D eigenvalue weighted by atomic mass is 16.4. The first kappa shape index (κ1) is 20.4. The summed E-state index contributed by atoms with van der Waals surface area (Å²) in [7, 11) is 1.88. The van der Waals surface area contributed by atoms with Crippen LogP contribution in [0.25, 0.3) is 0 Å². The van der Waals surface area contributed by atoms with Gasteiger partial charge in [0.05, 0.1) is 6.54 Å². The lowest BCUT2D eigenvalue weighted by Crippen LogP contribution is -2.44. The molecule has 1 fully saturated rings. The molecule has 0 bridgehead atoms. The van der Waals surface area contributed by atoms with Gasteiger partial charge in [0.1, 0.15) is 0 Å². The van der Waals surface area contributed by atoms with Crippen LogP contribution in [0.4, 0.5) is 0 Å². The van der Waals surface area contributed by atoms with Crippen LogP contribution in [0.15, 0.2) is 24.3 Å². The molecule has 6 nitrogen and oxygen atoms in total. The van der Waals surface area contributed by atoms with Gasteiger partial charge in [0.25, 0.3) is 5.91 Å². The average molecular weight is 361 g/mol. The van der Waals surface area contributed by atoms with Gasteiger partial charge in [0.2, 0.25) is 0 Å². The molecule has 1 aromatic rings. The lowest BCUT2D eigenvalue weighted by Gasteiger charge is -2.36. The highest BCUT2D eigenvalue weighted by molar-refractivity contribution is 5.94. The molecule has 1 saturated heterocycles. The number of rotatable bonds is 8. The molecule has 1 heterocycles. The predicted octanol–water partition coefficient (Wildman–Crippen LogP) is 2.05. The van der Waals surface area contributed by atoms with E-state index in [0.717, 1.165) is 38.0 Å². The zero-order valence-corrected chi connectivity index (χ0v) is 16.1. The van der Waals surface area contributed by atoms with Crippen molar-refractivity contribution in [1.29, 1.82) is 0 Å². The van der Waals surface area contributed by atoms with Gasteiger partial charge in [-0.1, -0.05) is 26.0 Å². The van der Waals surface area contributed by atoms with E-state index in [9.17, 15) is 9.59 Å². The molecule has 144 valence electrons. The van der Waals surface area contributed by atoms with E-state index in [1.54, 1.807) is 0 Å². The Morgan fingerprint density at radius 2 is 2.00 bits per heavy atom. The Labute approximate surface area is 156 Å². The first-order valence-electron chi connectivity index (χ1n) is 9.36. The molecule has 0 unspecified atom stereocenters. The summed E-state index contributed by atoms with van der Waals surface area (Å²) in [5.74, 6) is -0.361. The predicted molar refractivity (Wildman–Crippen MR) is 102 cm³/mol. The van der Waals surface area contributed by atoms with E-state index in [-0.39, 0.29) is 12.5 Å². The quantitative estimate of drug-likeness (QED) is 0.741. The molecule has 0 atom stereocenters. The molecule has 0 spiro atoms. The van der Waals surface area contributed by atoms with Gasteiger partial charge in [0.15, 0.2) is 0 Å². The standard InChI is InChI=1S/C20H31N3O3/c1-15(2)12-21-20(26)17-6-4-5-16(11-17)13-23-9-7-18(8-10-23)22(3)14-19(24)25/h4-6,11,15,18H,7-10,12-14H2,1-3H3,(H,21,26)(H,24,25). The molecule has 26 heavy (non-hydrogen) atoms. The highest BCUT2D eigenvalue weighted by Crippen LogP contribution is 2.18. The van der Waals surface area contributed by atoms with Crippen LogP contribution in [0, 0.1) is 5.92 Å². The maximum atomic E-state index is 12.2. The number of piperidine rings is 1. The molecule has 6 heteroatoms. The van der Waals surface area contributed by atoms with Crippen molar-refractivity contribution in [2.75, 3.05) is 33.2 Å². The Hall–Kier alpha value is -1.92. The Morgan fingerprint density at radius 3 is 2.62 bits per heavy atom. The van der Waals surface area contributed by atoms with E-state index in [2.05, 4.69) is 30.1 Å². The largest absolute Gasteiger partial charge is 0.480 e. The maximum Gasteiger partial charge on any atom is 0.317 e. The number of benzene rings is 1. The van der Waals surface area contributed by atoms with Crippen molar-refractivity contribution in [3.8, 4) is 0 Å². The number of likely N-dealkylation sites (N-methyl/N-ethyl adjacent to an activating group) is 1. The number of hydrogen-bond donors (Lipinski definition) is 2. The number of carbonyl (C=O) groups is 2. The lowest BCUT2D eigenvalue weighted by atomic mass is 10.0. The topological polar surface area (TPSA) is 72.9 Å². The van der Waals surface area contributed by atoms with Crippen LogP contribution < -0.4 is 5.32 Å². The van der Waals surface area contributed by atoms with Gasteiger partial charge in [-0.2, -0.15) is 0 Å². The lowest BCUT2D eigenvalue weighted by molar-refractivity contribution is -0.138. The number of nitrogens with zero attached hydrogens (tertiary/aromatic N) is 2. The molecule has 0 saturated carbocycles. The fraction of sp³-hybridized carbons (Fsp3) is 0.600. The molecule has 1 aliphatic heterocycles. The van der Waals surface area contributed by atoms with E-state index in [1.165, 1.54) is 0 Å². The number of amides is 1. The molecule has 0 radical (unpaired) electrons.